The normalized spacial score (nSPS) is 15.4. The van der Waals surface area contributed by atoms with Crippen LogP contribution in [0.1, 0.15) is 92.7 Å². The predicted octanol–water partition coefficient (Wildman–Crippen LogP) is 7.87. The Kier molecular flexibility index (Phi) is 32.0. The highest BCUT2D eigenvalue weighted by Gasteiger charge is 2.39. The van der Waals surface area contributed by atoms with Crippen molar-refractivity contribution in [2.75, 3.05) is 74.9 Å². The van der Waals surface area contributed by atoms with Gasteiger partial charge in [-0.2, -0.15) is 0 Å². The van der Waals surface area contributed by atoms with Gasteiger partial charge in [0.05, 0.1) is 73.2 Å². The number of amides is 3. The summed E-state index contributed by atoms with van der Waals surface area (Å²) >= 11 is 0. The molecule has 3 amide bonds. The molecule has 3 saturated heterocycles. The van der Waals surface area contributed by atoms with Gasteiger partial charge in [0.15, 0.2) is 0 Å². The van der Waals surface area contributed by atoms with Crippen LogP contribution < -0.4 is 54.7 Å². The van der Waals surface area contributed by atoms with Crippen molar-refractivity contribution in [1.82, 2.24) is 49.1 Å². The molecule has 16 N–H and O–H groups in total. The third kappa shape index (κ3) is 25.9. The Balaban J connectivity index is 0.000000182. The maximum atomic E-state index is 13.1. The van der Waals surface area contributed by atoms with E-state index >= 15 is 0 Å². The van der Waals surface area contributed by atoms with Crippen molar-refractivity contribution in [1.29, 1.82) is 16.2 Å². The first kappa shape index (κ1) is 87.8. The summed E-state index contributed by atoms with van der Waals surface area (Å²) in [4.78, 5) is 104. The number of nitrogens with one attached hydrogen (secondary N) is 8. The van der Waals surface area contributed by atoms with E-state index in [4.69, 9.17) is 32.4 Å². The molecule has 0 saturated carbocycles. The SMILES string of the molecule is CC(C)(C)OC(=O)NC[C@H](Cc1ccccc1)C(=O)O.N=Cc1c(Nc2ccccc2)ncn(CC2(O)CCN(C(=O)[C@H](CN)Cc3ccccc3)CC2)c1=O.N=Cc1c(Nc2ccccc2)ncn(CC2(O)CCN(C(=O)[C@H](CN)Cc3ccccc3)CC2)c1=O.N=Cc1c(Nc2ccccc2)ncn(CC2(O)CCNCC2)c1=O. The number of anilines is 6. The second kappa shape index (κ2) is 42.3. The number of hydrogen-bond donors (Lipinski definition) is 14. The van der Waals surface area contributed by atoms with Gasteiger partial charge in [-0.3, -0.25) is 42.5 Å². The van der Waals surface area contributed by atoms with Crippen molar-refractivity contribution in [3.05, 3.63) is 265 Å². The summed E-state index contributed by atoms with van der Waals surface area (Å²) in [5.74, 6) is -1.35. The van der Waals surface area contributed by atoms with Crippen LogP contribution >= 0.6 is 0 Å². The summed E-state index contributed by atoms with van der Waals surface area (Å²) in [6, 6.07) is 56.8. The highest BCUT2D eigenvalue weighted by molar-refractivity contribution is 5.87. The Hall–Kier alpha value is -12.2. The lowest BCUT2D eigenvalue weighted by Gasteiger charge is -2.39. The van der Waals surface area contributed by atoms with E-state index in [9.17, 15) is 54.0 Å². The number of carbonyl (C=O) groups is 4. The summed E-state index contributed by atoms with van der Waals surface area (Å²) in [6.07, 6.45) is 10.6. The number of alkyl carbamates (subject to hydrolysis) is 1. The minimum Gasteiger partial charge on any atom is -0.481 e. The number of para-hydroxylation sites is 3. The quantitative estimate of drug-likeness (QED) is 0.0207. The van der Waals surface area contributed by atoms with Gasteiger partial charge in [-0.15, -0.1) is 0 Å². The van der Waals surface area contributed by atoms with Crippen LogP contribution in [-0.4, -0.2) is 183 Å². The average molecular weight is 1580 g/mol. The Bertz CT molecular complexity index is 4680. The molecule has 30 nitrogen and oxygen atoms in total. The van der Waals surface area contributed by atoms with E-state index in [1.54, 1.807) is 30.6 Å². The van der Waals surface area contributed by atoms with Crippen molar-refractivity contribution in [2.24, 2.45) is 29.2 Å². The van der Waals surface area contributed by atoms with Gasteiger partial charge in [0, 0.05) is 81.5 Å². The van der Waals surface area contributed by atoms with E-state index in [0.717, 1.165) is 65.5 Å². The molecule has 3 aliphatic rings. The van der Waals surface area contributed by atoms with Crippen LogP contribution in [0, 0.1) is 34.0 Å². The van der Waals surface area contributed by atoms with Gasteiger partial charge in [-0.05, 0) is 145 Å². The molecule has 6 heterocycles. The van der Waals surface area contributed by atoms with Crippen molar-refractivity contribution in [3.8, 4) is 0 Å². The van der Waals surface area contributed by atoms with E-state index in [1.807, 2.05) is 182 Å². The molecular formula is C86H106N18O12. The first-order chi connectivity index (χ1) is 55.7. The van der Waals surface area contributed by atoms with Gasteiger partial charge in [0.1, 0.15) is 39.7 Å². The number of aromatic nitrogens is 6. The fourth-order valence-electron chi connectivity index (χ4n) is 13.6. The number of nitrogens with zero attached hydrogens (tertiary/aromatic N) is 8. The molecule has 612 valence electrons. The molecule has 3 aliphatic heterocycles. The minimum absolute atomic E-state index is 0.00957. The molecule has 0 bridgehead atoms. The second-order valence-corrected chi connectivity index (χ2v) is 30.2. The number of likely N-dealkylation sites (tertiary alicyclic amines) is 2. The fraction of sp³-hybridized carbons (Fsp3) is 0.360. The average Bonchev–Trinajstić information content (AvgIpc) is 0.804. The number of ether oxygens (including phenoxy) is 1. The minimum atomic E-state index is -1.16. The molecular weight excluding hydrogens is 1480 g/mol. The topological polar surface area (TPSA) is 453 Å². The Morgan fingerprint density at radius 2 is 0.759 bits per heavy atom. The molecule has 12 rings (SSSR count). The lowest BCUT2D eigenvalue weighted by molar-refractivity contribution is -0.142. The van der Waals surface area contributed by atoms with Crippen molar-refractivity contribution in [2.45, 2.75) is 121 Å². The summed E-state index contributed by atoms with van der Waals surface area (Å²) in [5, 5.41) is 80.2. The number of carbonyl (C=O) groups excluding carboxylic acids is 3. The first-order valence-electron chi connectivity index (χ1n) is 38.7. The van der Waals surface area contributed by atoms with Crippen LogP contribution in [-0.2, 0) is 58.0 Å². The summed E-state index contributed by atoms with van der Waals surface area (Å²) in [6.45, 7) is 9.07. The summed E-state index contributed by atoms with van der Waals surface area (Å²) in [7, 11) is 0. The summed E-state index contributed by atoms with van der Waals surface area (Å²) in [5.41, 5.74) is 12.6. The maximum Gasteiger partial charge on any atom is 0.407 e. The molecule has 9 aromatic rings. The van der Waals surface area contributed by atoms with Gasteiger partial charge in [-0.25, -0.2) is 19.7 Å². The van der Waals surface area contributed by atoms with E-state index < -0.39 is 51.5 Å². The number of carboxylic acid groups (broad SMARTS) is 1. The molecule has 3 aromatic heterocycles. The standard InChI is InChI=1S/2C27H32N6O3.C17H21N5O2.C15H21NO4/c2*28-16-21(15-20-7-3-1-4-8-20)25(34)32-13-11-27(36,12-14-32)18-33-19-30-24(23(17-29)26(33)35)31-22-9-5-2-6-10-22;18-10-14-15(21-13-4-2-1-3-5-13)20-12-22(16(14)23)11-17(24)6-8-19-9-7-17;1-15(2,3)20-14(19)16-10-12(13(17)18)9-11-7-5-4-6-8-11/h2*1-10,17,19,21,29,31,36H,11-16,18,28H2;1-5,10,12,18-19,21,24H,6-9,11H2;4-8,12H,9-10H2,1-3H3,(H,16,19)(H,17,18)/t2*21-;;12-/m00.0/s1. The number of nitrogens with two attached hydrogens (primary N) is 2. The largest absolute Gasteiger partial charge is 0.481 e. The van der Waals surface area contributed by atoms with Crippen LogP contribution in [0.5, 0.6) is 0 Å². The third-order valence-electron chi connectivity index (χ3n) is 20.2. The number of piperidine rings is 3. The summed E-state index contributed by atoms with van der Waals surface area (Å²) < 4.78 is 9.14. The van der Waals surface area contributed by atoms with Gasteiger partial charge >= 0.3 is 12.1 Å². The molecule has 3 atom stereocenters. The van der Waals surface area contributed by atoms with Crippen LogP contribution in [0.2, 0.25) is 0 Å². The van der Waals surface area contributed by atoms with E-state index in [1.165, 1.54) is 32.7 Å². The lowest BCUT2D eigenvalue weighted by Crippen LogP contribution is -2.51. The van der Waals surface area contributed by atoms with Crippen molar-refractivity contribution >= 4 is 77.0 Å². The third-order valence-corrected chi connectivity index (χ3v) is 20.2. The monoisotopic (exact) mass is 1580 g/mol. The lowest BCUT2D eigenvalue weighted by atomic mass is 9.89. The van der Waals surface area contributed by atoms with Crippen LogP contribution in [0.25, 0.3) is 0 Å². The van der Waals surface area contributed by atoms with Crippen LogP contribution in [0.3, 0.4) is 0 Å². The van der Waals surface area contributed by atoms with Crippen LogP contribution in [0.4, 0.5) is 39.3 Å². The van der Waals surface area contributed by atoms with E-state index in [0.29, 0.717) is 89.8 Å². The fourth-order valence-corrected chi connectivity index (χ4v) is 13.6. The van der Waals surface area contributed by atoms with Crippen LogP contribution in [0.15, 0.2) is 215 Å². The number of benzene rings is 6. The zero-order valence-corrected chi connectivity index (χ0v) is 65.7. The van der Waals surface area contributed by atoms with Gasteiger partial charge in [0.25, 0.3) is 16.7 Å². The van der Waals surface area contributed by atoms with Gasteiger partial charge in [-0.1, -0.05) is 146 Å². The Morgan fingerprint density at radius 3 is 1.03 bits per heavy atom. The molecule has 0 aliphatic carbocycles. The highest BCUT2D eigenvalue weighted by Crippen LogP contribution is 2.29. The number of aliphatic carboxylic acids is 1. The Labute approximate surface area is 673 Å². The highest BCUT2D eigenvalue weighted by atomic mass is 16.6. The zero-order valence-electron chi connectivity index (χ0n) is 65.7. The van der Waals surface area contributed by atoms with Crippen molar-refractivity contribution < 1.29 is 44.3 Å². The maximum absolute atomic E-state index is 13.1. The predicted molar refractivity (Wildman–Crippen MR) is 448 cm³/mol. The van der Waals surface area contributed by atoms with Gasteiger partial charge in [0.2, 0.25) is 11.8 Å². The molecule has 6 aromatic carbocycles. The van der Waals surface area contributed by atoms with Gasteiger partial charge < -0.3 is 89.2 Å². The Morgan fingerprint density at radius 1 is 0.474 bits per heavy atom. The number of aliphatic hydroxyl groups is 3. The second-order valence-electron chi connectivity index (χ2n) is 30.2. The molecule has 0 radical (unpaired) electrons. The molecule has 0 spiro atoms. The number of rotatable bonds is 28. The van der Waals surface area contributed by atoms with E-state index in [2.05, 4.69) is 41.5 Å². The molecule has 116 heavy (non-hydrogen) atoms. The number of carboxylic acids is 1. The first-order valence-corrected chi connectivity index (χ1v) is 38.7. The molecule has 0 unspecified atom stereocenters. The zero-order chi connectivity index (χ0) is 83.3. The van der Waals surface area contributed by atoms with E-state index in [-0.39, 0.29) is 96.8 Å². The van der Waals surface area contributed by atoms with Crippen molar-refractivity contribution in [3.63, 3.8) is 0 Å². The number of hydrogen-bond acceptors (Lipinski definition) is 23. The smallest absolute Gasteiger partial charge is 0.407 e. The molecule has 3 fully saturated rings. The molecule has 30 heteroatoms.